The van der Waals surface area contributed by atoms with Crippen molar-refractivity contribution < 1.29 is 40.6 Å². The summed E-state index contributed by atoms with van der Waals surface area (Å²) in [5.74, 6) is -1.04. The molecule has 0 radical (unpaired) electrons. The second-order valence-electron chi connectivity index (χ2n) is 6.18. The van der Waals surface area contributed by atoms with Crippen molar-refractivity contribution in [1.82, 2.24) is 0 Å². The molecule has 0 heterocycles. The maximum Gasteiger partial charge on any atom is 0.519 e. The molecule has 11 heteroatoms. The van der Waals surface area contributed by atoms with Gasteiger partial charge in [-0.05, 0) is 49.2 Å². The normalized spacial score (nSPS) is 14.2. The zero-order chi connectivity index (χ0) is 22.9. The molecule has 0 N–H and O–H groups in total. The predicted octanol–water partition coefficient (Wildman–Crippen LogP) is 7.90. The molecule has 164 valence electrons. The molecule has 0 aliphatic carbocycles. The predicted molar refractivity (Wildman–Crippen MR) is 98.1 cm³/mol. The van der Waals surface area contributed by atoms with Gasteiger partial charge in [0.1, 0.15) is 11.5 Å². The van der Waals surface area contributed by atoms with Gasteiger partial charge in [-0.2, -0.15) is 26.3 Å². The van der Waals surface area contributed by atoms with E-state index in [9.17, 15) is 31.1 Å². The lowest BCUT2D eigenvalue weighted by molar-refractivity contribution is -0.139. The molecule has 0 fully saturated rings. The average Bonchev–Trinajstić information content (AvgIpc) is 2.59. The Labute approximate surface area is 177 Å². The Balaban J connectivity index is 2.26. The van der Waals surface area contributed by atoms with Crippen molar-refractivity contribution in [2.45, 2.75) is 37.0 Å². The van der Waals surface area contributed by atoms with Gasteiger partial charge in [-0.25, -0.2) is 4.79 Å². The van der Waals surface area contributed by atoms with Gasteiger partial charge in [-0.3, -0.25) is 0 Å². The lowest BCUT2D eigenvalue weighted by Crippen LogP contribution is -2.16. The molecule has 30 heavy (non-hydrogen) atoms. The molecule has 0 saturated carbocycles. The summed E-state index contributed by atoms with van der Waals surface area (Å²) >= 11 is 11.5. The minimum atomic E-state index is -4.77. The first kappa shape index (κ1) is 24.1. The van der Waals surface area contributed by atoms with Crippen LogP contribution in [0.3, 0.4) is 0 Å². The Morgan fingerprint density at radius 1 is 0.767 bits per heavy atom. The fourth-order valence-corrected chi connectivity index (χ4v) is 2.98. The van der Waals surface area contributed by atoms with Gasteiger partial charge in [-0.1, -0.05) is 12.1 Å². The van der Waals surface area contributed by atoms with E-state index in [4.69, 9.17) is 23.2 Å². The van der Waals surface area contributed by atoms with E-state index in [1.807, 2.05) is 0 Å². The third kappa shape index (κ3) is 5.95. The largest absolute Gasteiger partial charge is 0.519 e. The van der Waals surface area contributed by atoms with E-state index in [1.165, 1.54) is 13.8 Å². The van der Waals surface area contributed by atoms with Crippen LogP contribution in [0.25, 0.3) is 0 Å². The van der Waals surface area contributed by atoms with Gasteiger partial charge in [0.15, 0.2) is 0 Å². The average molecular weight is 475 g/mol. The van der Waals surface area contributed by atoms with E-state index in [-0.39, 0.29) is 11.1 Å². The monoisotopic (exact) mass is 474 g/mol. The van der Waals surface area contributed by atoms with Gasteiger partial charge in [0.25, 0.3) is 0 Å². The van der Waals surface area contributed by atoms with E-state index >= 15 is 0 Å². The summed E-state index contributed by atoms with van der Waals surface area (Å²) < 4.78 is 88.5. The minimum absolute atomic E-state index is 0.231. The lowest BCUT2D eigenvalue weighted by Gasteiger charge is -2.17. The molecule has 0 spiro atoms. The van der Waals surface area contributed by atoms with Crippen molar-refractivity contribution in [3.8, 4) is 11.5 Å². The highest BCUT2D eigenvalue weighted by molar-refractivity contribution is 6.21. The number of carbonyl (C=O) groups is 1. The fourth-order valence-electron chi connectivity index (χ4n) is 2.60. The van der Waals surface area contributed by atoms with Crippen LogP contribution in [-0.2, 0) is 12.4 Å². The highest BCUT2D eigenvalue weighted by Gasteiger charge is 2.36. The number of hydrogen-bond donors (Lipinski definition) is 0. The lowest BCUT2D eigenvalue weighted by atomic mass is 10.0. The minimum Gasteiger partial charge on any atom is -0.395 e. The Morgan fingerprint density at radius 2 is 1.10 bits per heavy atom. The first-order valence-corrected chi connectivity index (χ1v) is 9.17. The molecule has 2 unspecified atom stereocenters. The zero-order valence-electron chi connectivity index (χ0n) is 15.4. The van der Waals surface area contributed by atoms with Gasteiger partial charge in [0.2, 0.25) is 0 Å². The van der Waals surface area contributed by atoms with Gasteiger partial charge in [0.05, 0.1) is 21.9 Å². The molecule has 2 aromatic rings. The Morgan fingerprint density at radius 3 is 1.37 bits per heavy atom. The first-order valence-electron chi connectivity index (χ1n) is 8.30. The standard InChI is InChI=1S/C19H14Cl2F6O3/c1-9(20)13-5-3-11(7-15(13)18(22,23)24)29-17(28)30-12-4-6-14(10(2)21)16(8-12)19(25,26)27/h3-10H,1-2H3. The van der Waals surface area contributed by atoms with Crippen molar-refractivity contribution in [3.05, 3.63) is 58.7 Å². The van der Waals surface area contributed by atoms with E-state index < -0.39 is 51.9 Å². The Hall–Kier alpha value is -2.13. The second kappa shape index (κ2) is 8.93. The number of carbonyl (C=O) groups excluding carboxylic acids is 1. The summed E-state index contributed by atoms with van der Waals surface area (Å²) in [4.78, 5) is 11.9. The van der Waals surface area contributed by atoms with Crippen LogP contribution in [0.5, 0.6) is 11.5 Å². The number of hydrogen-bond acceptors (Lipinski definition) is 3. The molecule has 0 saturated heterocycles. The number of halogens is 8. The third-order valence-corrected chi connectivity index (χ3v) is 4.39. The maximum absolute atomic E-state index is 13.2. The SMILES string of the molecule is CC(Cl)c1ccc(OC(=O)Oc2ccc(C(C)Cl)c(C(F)(F)F)c2)cc1C(F)(F)F. The molecule has 2 atom stereocenters. The van der Waals surface area contributed by atoms with Gasteiger partial charge in [-0.15, -0.1) is 23.2 Å². The van der Waals surface area contributed by atoms with E-state index in [0.717, 1.165) is 24.3 Å². The van der Waals surface area contributed by atoms with Crippen molar-refractivity contribution in [2.75, 3.05) is 0 Å². The highest BCUT2D eigenvalue weighted by atomic mass is 35.5. The van der Waals surface area contributed by atoms with Crippen molar-refractivity contribution in [2.24, 2.45) is 0 Å². The van der Waals surface area contributed by atoms with Crippen molar-refractivity contribution in [3.63, 3.8) is 0 Å². The van der Waals surface area contributed by atoms with Crippen molar-refractivity contribution in [1.29, 1.82) is 0 Å². The first-order chi connectivity index (χ1) is 13.7. The van der Waals surface area contributed by atoms with Crippen LogP contribution in [0.1, 0.15) is 46.9 Å². The van der Waals surface area contributed by atoms with E-state index in [0.29, 0.717) is 12.1 Å². The summed E-state index contributed by atoms with van der Waals surface area (Å²) in [6.07, 6.45) is -11.1. The number of benzene rings is 2. The summed E-state index contributed by atoms with van der Waals surface area (Å²) in [7, 11) is 0. The number of alkyl halides is 8. The number of rotatable bonds is 4. The molecule has 0 aliphatic heterocycles. The van der Waals surface area contributed by atoms with E-state index in [1.54, 1.807) is 0 Å². The smallest absolute Gasteiger partial charge is 0.395 e. The van der Waals surface area contributed by atoms with Crippen LogP contribution in [-0.4, -0.2) is 6.16 Å². The molecular formula is C19H14Cl2F6O3. The molecular weight excluding hydrogens is 461 g/mol. The van der Waals surface area contributed by atoms with E-state index in [2.05, 4.69) is 9.47 Å². The summed E-state index contributed by atoms with van der Waals surface area (Å²) in [6, 6.07) is 5.28. The van der Waals surface area contributed by atoms with Gasteiger partial charge < -0.3 is 9.47 Å². The maximum atomic E-state index is 13.2. The Kier molecular flexibility index (Phi) is 7.19. The highest BCUT2D eigenvalue weighted by Crippen LogP contribution is 2.40. The molecule has 2 rings (SSSR count). The van der Waals surface area contributed by atoms with Gasteiger partial charge in [0, 0.05) is 0 Å². The Bertz CT molecular complexity index is 850. The van der Waals surface area contributed by atoms with Crippen LogP contribution in [0.4, 0.5) is 31.1 Å². The third-order valence-electron chi connectivity index (χ3n) is 3.92. The van der Waals surface area contributed by atoms with Crippen LogP contribution < -0.4 is 9.47 Å². The summed E-state index contributed by atoms with van der Waals surface area (Å²) in [5, 5.41) is -1.93. The fraction of sp³-hybridized carbons (Fsp3) is 0.316. The zero-order valence-corrected chi connectivity index (χ0v) is 16.9. The summed E-state index contributed by atoms with van der Waals surface area (Å²) in [6.45, 7) is 2.68. The molecule has 2 aromatic carbocycles. The van der Waals surface area contributed by atoms with Crippen LogP contribution in [0, 0.1) is 0 Å². The molecule has 0 aliphatic rings. The number of ether oxygens (including phenoxy) is 2. The quantitative estimate of drug-likeness (QED) is 0.195. The molecule has 3 nitrogen and oxygen atoms in total. The molecule has 0 bridgehead atoms. The second-order valence-corrected chi connectivity index (χ2v) is 7.49. The van der Waals surface area contributed by atoms with Crippen LogP contribution in [0.15, 0.2) is 36.4 Å². The summed E-state index contributed by atoms with van der Waals surface area (Å²) in [5.41, 5.74) is -2.69. The van der Waals surface area contributed by atoms with Crippen LogP contribution >= 0.6 is 23.2 Å². The molecule has 0 aromatic heterocycles. The van der Waals surface area contributed by atoms with Crippen LogP contribution in [0.2, 0.25) is 0 Å². The van der Waals surface area contributed by atoms with Crippen molar-refractivity contribution >= 4 is 29.4 Å². The molecule has 0 amide bonds. The topological polar surface area (TPSA) is 35.5 Å². The van der Waals surface area contributed by atoms with Gasteiger partial charge >= 0.3 is 18.5 Å².